The SMILES string of the molecule is CCCn1c(Cn2ccnc2-c2cccc(F)c2)nc2cccnc21. The van der Waals surface area contributed by atoms with Gasteiger partial charge in [0.15, 0.2) is 5.65 Å². The van der Waals surface area contributed by atoms with Crippen LogP contribution < -0.4 is 0 Å². The third-order valence-electron chi connectivity index (χ3n) is 4.14. The first kappa shape index (κ1) is 15.5. The number of nitrogens with zero attached hydrogens (tertiary/aromatic N) is 5. The zero-order valence-corrected chi connectivity index (χ0v) is 13.9. The minimum Gasteiger partial charge on any atom is -0.323 e. The molecule has 0 bridgehead atoms. The summed E-state index contributed by atoms with van der Waals surface area (Å²) in [5.74, 6) is 1.38. The van der Waals surface area contributed by atoms with E-state index in [1.165, 1.54) is 12.1 Å². The zero-order valence-electron chi connectivity index (χ0n) is 13.9. The molecule has 0 N–H and O–H groups in total. The average molecular weight is 335 g/mol. The Morgan fingerprint density at radius 3 is 2.84 bits per heavy atom. The molecule has 0 atom stereocenters. The van der Waals surface area contributed by atoms with Gasteiger partial charge in [-0.2, -0.15) is 0 Å². The van der Waals surface area contributed by atoms with Gasteiger partial charge in [-0.1, -0.05) is 19.1 Å². The molecule has 1 aromatic carbocycles. The van der Waals surface area contributed by atoms with Crippen LogP contribution in [0.2, 0.25) is 0 Å². The number of fused-ring (bicyclic) bond motifs is 1. The lowest BCUT2D eigenvalue weighted by Gasteiger charge is -2.10. The van der Waals surface area contributed by atoms with Gasteiger partial charge in [0.1, 0.15) is 23.0 Å². The molecule has 0 spiro atoms. The fourth-order valence-electron chi connectivity index (χ4n) is 3.06. The molecule has 0 radical (unpaired) electrons. The predicted octanol–water partition coefficient (Wildman–Crippen LogP) is 3.89. The summed E-state index contributed by atoms with van der Waals surface area (Å²) >= 11 is 0. The van der Waals surface area contributed by atoms with Crippen LogP contribution in [0.15, 0.2) is 55.0 Å². The van der Waals surface area contributed by atoms with Crippen molar-refractivity contribution in [2.75, 3.05) is 0 Å². The first-order valence-corrected chi connectivity index (χ1v) is 8.33. The number of imidazole rings is 2. The van der Waals surface area contributed by atoms with Crippen molar-refractivity contribution >= 4 is 11.2 Å². The summed E-state index contributed by atoms with van der Waals surface area (Å²) in [4.78, 5) is 13.6. The number of rotatable bonds is 5. The Bertz CT molecular complexity index is 1020. The number of hydrogen-bond acceptors (Lipinski definition) is 3. The highest BCUT2D eigenvalue weighted by Crippen LogP contribution is 2.21. The van der Waals surface area contributed by atoms with Crippen LogP contribution in [0.3, 0.4) is 0 Å². The van der Waals surface area contributed by atoms with Crippen LogP contribution in [0.25, 0.3) is 22.6 Å². The van der Waals surface area contributed by atoms with E-state index < -0.39 is 0 Å². The predicted molar refractivity (Wildman–Crippen MR) is 94.5 cm³/mol. The Balaban J connectivity index is 1.76. The van der Waals surface area contributed by atoms with E-state index in [-0.39, 0.29) is 5.82 Å². The van der Waals surface area contributed by atoms with E-state index in [0.717, 1.165) is 41.3 Å². The second kappa shape index (κ2) is 6.47. The molecule has 0 unspecified atom stereocenters. The molecule has 0 saturated carbocycles. The Morgan fingerprint density at radius 2 is 2.00 bits per heavy atom. The Labute approximate surface area is 144 Å². The fourth-order valence-corrected chi connectivity index (χ4v) is 3.06. The van der Waals surface area contributed by atoms with E-state index >= 15 is 0 Å². The minimum atomic E-state index is -0.269. The van der Waals surface area contributed by atoms with Crippen molar-refractivity contribution in [3.05, 3.63) is 66.6 Å². The van der Waals surface area contributed by atoms with Gasteiger partial charge in [-0.3, -0.25) is 0 Å². The van der Waals surface area contributed by atoms with Gasteiger partial charge in [-0.05, 0) is 30.7 Å². The average Bonchev–Trinajstić information content (AvgIpc) is 3.21. The van der Waals surface area contributed by atoms with Crippen LogP contribution in [0.5, 0.6) is 0 Å². The lowest BCUT2D eigenvalue weighted by atomic mass is 10.2. The number of aromatic nitrogens is 5. The number of hydrogen-bond donors (Lipinski definition) is 0. The summed E-state index contributed by atoms with van der Waals surface area (Å²) in [6.45, 7) is 3.54. The van der Waals surface area contributed by atoms with Crippen molar-refractivity contribution in [1.82, 2.24) is 24.1 Å². The smallest absolute Gasteiger partial charge is 0.160 e. The normalized spacial score (nSPS) is 11.3. The van der Waals surface area contributed by atoms with Crippen LogP contribution in [0, 0.1) is 5.82 Å². The van der Waals surface area contributed by atoms with Gasteiger partial charge in [-0.15, -0.1) is 0 Å². The molecule has 0 aliphatic heterocycles. The standard InChI is InChI=1S/C19H18FN5/c1-2-10-25-17(23-16-7-4-8-21-19(16)25)13-24-11-9-22-18(24)14-5-3-6-15(20)12-14/h3-9,11-12H,2,10,13H2,1H3. The summed E-state index contributed by atoms with van der Waals surface area (Å²) in [7, 11) is 0. The van der Waals surface area contributed by atoms with Gasteiger partial charge < -0.3 is 9.13 Å². The van der Waals surface area contributed by atoms with Gasteiger partial charge in [0.2, 0.25) is 0 Å². The van der Waals surface area contributed by atoms with E-state index in [9.17, 15) is 4.39 Å². The Morgan fingerprint density at radius 1 is 1.08 bits per heavy atom. The second-order valence-corrected chi connectivity index (χ2v) is 5.91. The summed E-state index contributed by atoms with van der Waals surface area (Å²) in [5, 5.41) is 0. The van der Waals surface area contributed by atoms with Crippen LogP contribution in [0.1, 0.15) is 19.2 Å². The van der Waals surface area contributed by atoms with E-state index in [1.807, 2.05) is 29.0 Å². The van der Waals surface area contributed by atoms with E-state index in [1.54, 1.807) is 18.5 Å². The molecular weight excluding hydrogens is 317 g/mol. The Hall–Kier alpha value is -3.02. The van der Waals surface area contributed by atoms with Gasteiger partial charge in [0, 0.05) is 30.7 Å². The maximum atomic E-state index is 13.6. The van der Waals surface area contributed by atoms with Gasteiger partial charge in [0.05, 0.1) is 6.54 Å². The summed E-state index contributed by atoms with van der Waals surface area (Å²) < 4.78 is 17.7. The fraction of sp³-hybridized carbons (Fsp3) is 0.211. The largest absolute Gasteiger partial charge is 0.323 e. The van der Waals surface area contributed by atoms with Crippen LogP contribution in [0.4, 0.5) is 4.39 Å². The second-order valence-electron chi connectivity index (χ2n) is 5.91. The molecule has 25 heavy (non-hydrogen) atoms. The lowest BCUT2D eigenvalue weighted by molar-refractivity contribution is 0.621. The van der Waals surface area contributed by atoms with Crippen molar-refractivity contribution in [3.8, 4) is 11.4 Å². The first-order chi connectivity index (χ1) is 12.3. The topological polar surface area (TPSA) is 48.5 Å². The lowest BCUT2D eigenvalue weighted by Crippen LogP contribution is -2.09. The molecule has 3 aromatic heterocycles. The summed E-state index contributed by atoms with van der Waals surface area (Å²) in [6.07, 6.45) is 6.40. The highest BCUT2D eigenvalue weighted by atomic mass is 19.1. The van der Waals surface area contributed by atoms with Crippen molar-refractivity contribution in [2.45, 2.75) is 26.4 Å². The highest BCUT2D eigenvalue weighted by Gasteiger charge is 2.14. The number of halogens is 1. The van der Waals surface area contributed by atoms with Crippen LogP contribution >= 0.6 is 0 Å². The monoisotopic (exact) mass is 335 g/mol. The molecule has 4 aromatic rings. The van der Waals surface area contributed by atoms with E-state index in [4.69, 9.17) is 4.98 Å². The molecule has 0 aliphatic carbocycles. The summed E-state index contributed by atoms with van der Waals surface area (Å²) in [6, 6.07) is 10.3. The van der Waals surface area contributed by atoms with Crippen LogP contribution in [-0.2, 0) is 13.1 Å². The third-order valence-corrected chi connectivity index (χ3v) is 4.14. The van der Waals surface area contributed by atoms with Gasteiger partial charge >= 0.3 is 0 Å². The van der Waals surface area contributed by atoms with Crippen molar-refractivity contribution < 1.29 is 4.39 Å². The maximum absolute atomic E-state index is 13.6. The molecule has 5 nitrogen and oxygen atoms in total. The molecular formula is C19H18FN5. The summed E-state index contributed by atoms with van der Waals surface area (Å²) in [5.41, 5.74) is 2.53. The van der Waals surface area contributed by atoms with E-state index in [0.29, 0.717) is 6.54 Å². The number of aryl methyl sites for hydroxylation is 1. The maximum Gasteiger partial charge on any atom is 0.160 e. The molecule has 0 fully saturated rings. The van der Waals surface area contributed by atoms with Crippen LogP contribution in [-0.4, -0.2) is 24.1 Å². The quantitative estimate of drug-likeness (QED) is 0.556. The Kier molecular flexibility index (Phi) is 4.01. The number of benzene rings is 1. The highest BCUT2D eigenvalue weighted by molar-refractivity contribution is 5.71. The van der Waals surface area contributed by atoms with E-state index in [2.05, 4.69) is 21.5 Å². The van der Waals surface area contributed by atoms with Crippen molar-refractivity contribution in [2.24, 2.45) is 0 Å². The van der Waals surface area contributed by atoms with Crippen molar-refractivity contribution in [1.29, 1.82) is 0 Å². The molecule has 4 rings (SSSR count). The number of pyridine rings is 1. The first-order valence-electron chi connectivity index (χ1n) is 8.33. The molecule has 0 amide bonds. The molecule has 0 aliphatic rings. The minimum absolute atomic E-state index is 0.269. The van der Waals surface area contributed by atoms with Gasteiger partial charge in [-0.25, -0.2) is 19.3 Å². The third kappa shape index (κ3) is 2.91. The molecule has 3 heterocycles. The molecule has 0 saturated heterocycles. The molecule has 6 heteroatoms. The van der Waals surface area contributed by atoms with Crippen molar-refractivity contribution in [3.63, 3.8) is 0 Å². The zero-order chi connectivity index (χ0) is 17.2. The van der Waals surface area contributed by atoms with Gasteiger partial charge in [0.25, 0.3) is 0 Å². The molecule has 126 valence electrons.